The van der Waals surface area contributed by atoms with Gasteiger partial charge in [-0.15, -0.1) is 0 Å². The third kappa shape index (κ3) is 4.44. The number of imide groups is 1. The molecule has 1 heterocycles. The van der Waals surface area contributed by atoms with Crippen LogP contribution in [0.5, 0.6) is 0 Å². The van der Waals surface area contributed by atoms with Crippen molar-refractivity contribution in [2.45, 2.75) is 33.1 Å². The second-order valence-electron chi connectivity index (χ2n) is 5.24. The fourth-order valence-electron chi connectivity index (χ4n) is 1.75. The van der Waals surface area contributed by atoms with Crippen LogP contribution in [0.3, 0.4) is 0 Å². The van der Waals surface area contributed by atoms with Crippen LogP contribution in [0.15, 0.2) is 0 Å². The predicted molar refractivity (Wildman–Crippen MR) is 62.8 cm³/mol. The number of ether oxygens (including phenoxy) is 1. The largest absolute Gasteiger partial charge is 0.481 e. The molecule has 0 aliphatic carbocycles. The summed E-state index contributed by atoms with van der Waals surface area (Å²) in [6, 6.07) is 0. The van der Waals surface area contributed by atoms with Crippen LogP contribution in [-0.4, -0.2) is 47.5 Å². The average molecular weight is 257 g/mol. The van der Waals surface area contributed by atoms with E-state index in [2.05, 4.69) is 0 Å². The van der Waals surface area contributed by atoms with Crippen molar-refractivity contribution in [2.75, 3.05) is 19.8 Å². The van der Waals surface area contributed by atoms with Gasteiger partial charge in [-0.25, -0.2) is 0 Å². The first kappa shape index (κ1) is 14.6. The van der Waals surface area contributed by atoms with E-state index in [1.165, 1.54) is 4.90 Å². The Hall–Kier alpha value is -1.43. The van der Waals surface area contributed by atoms with Gasteiger partial charge in [0.2, 0.25) is 0 Å². The van der Waals surface area contributed by atoms with Gasteiger partial charge in [0.15, 0.2) is 0 Å². The van der Waals surface area contributed by atoms with Gasteiger partial charge in [-0.2, -0.15) is 0 Å². The molecule has 1 N–H and O–H groups in total. The molecule has 1 saturated heterocycles. The molecular formula is C12H19NO5. The lowest BCUT2D eigenvalue weighted by Gasteiger charge is -2.30. The maximum atomic E-state index is 11.5. The summed E-state index contributed by atoms with van der Waals surface area (Å²) >= 11 is 0. The first-order valence-electron chi connectivity index (χ1n) is 5.94. The molecule has 6 heteroatoms. The topological polar surface area (TPSA) is 83.9 Å². The lowest BCUT2D eigenvalue weighted by molar-refractivity contribution is -0.159. The number of amides is 2. The molecule has 1 fully saturated rings. The van der Waals surface area contributed by atoms with E-state index in [9.17, 15) is 14.4 Å². The quantitative estimate of drug-likeness (QED) is 0.706. The molecule has 0 saturated carbocycles. The average Bonchev–Trinajstić information content (AvgIpc) is 2.26. The number of hydrogen-bond acceptors (Lipinski definition) is 4. The molecule has 0 aromatic carbocycles. The lowest BCUT2D eigenvalue weighted by Crippen LogP contribution is -2.47. The van der Waals surface area contributed by atoms with Crippen molar-refractivity contribution in [2.24, 2.45) is 5.41 Å². The van der Waals surface area contributed by atoms with E-state index in [1.54, 1.807) is 0 Å². The van der Waals surface area contributed by atoms with Crippen LogP contribution >= 0.6 is 0 Å². The van der Waals surface area contributed by atoms with Crippen LogP contribution in [0.2, 0.25) is 0 Å². The Morgan fingerprint density at radius 3 is 2.33 bits per heavy atom. The number of carbonyl (C=O) groups is 3. The van der Waals surface area contributed by atoms with Crippen molar-refractivity contribution in [3.8, 4) is 0 Å². The maximum absolute atomic E-state index is 11.5. The highest BCUT2D eigenvalue weighted by Crippen LogP contribution is 2.27. The molecule has 2 amide bonds. The Labute approximate surface area is 106 Å². The second-order valence-corrected chi connectivity index (χ2v) is 5.24. The van der Waals surface area contributed by atoms with E-state index < -0.39 is 5.97 Å². The molecule has 6 nitrogen and oxygen atoms in total. The van der Waals surface area contributed by atoms with Crippen LogP contribution in [-0.2, 0) is 19.1 Å². The summed E-state index contributed by atoms with van der Waals surface area (Å²) in [7, 11) is 0. The molecule has 0 aromatic rings. The maximum Gasteiger partial charge on any atom is 0.303 e. The minimum atomic E-state index is -0.832. The lowest BCUT2D eigenvalue weighted by atomic mass is 9.84. The van der Waals surface area contributed by atoms with E-state index in [1.807, 2.05) is 13.8 Å². The van der Waals surface area contributed by atoms with Gasteiger partial charge < -0.3 is 9.84 Å². The minimum Gasteiger partial charge on any atom is -0.481 e. The SMILES string of the molecule is CC(C)(CCC(=O)O)CCN1C(=O)COCC1=O. The first-order chi connectivity index (χ1) is 8.32. The van der Waals surface area contributed by atoms with Gasteiger partial charge in [-0.1, -0.05) is 13.8 Å². The normalized spacial score (nSPS) is 17.1. The highest BCUT2D eigenvalue weighted by atomic mass is 16.5. The highest BCUT2D eigenvalue weighted by molar-refractivity contribution is 5.98. The molecule has 0 spiro atoms. The van der Waals surface area contributed by atoms with Crippen molar-refractivity contribution in [1.82, 2.24) is 4.90 Å². The van der Waals surface area contributed by atoms with Gasteiger partial charge in [-0.05, 0) is 18.3 Å². The fourth-order valence-corrected chi connectivity index (χ4v) is 1.75. The summed E-state index contributed by atoms with van der Waals surface area (Å²) in [6.07, 6.45) is 1.21. The Morgan fingerprint density at radius 2 is 1.83 bits per heavy atom. The van der Waals surface area contributed by atoms with Crippen LogP contribution in [0.4, 0.5) is 0 Å². The number of hydrogen-bond donors (Lipinski definition) is 1. The molecule has 1 aliphatic heterocycles. The molecule has 0 radical (unpaired) electrons. The summed E-state index contributed by atoms with van der Waals surface area (Å²) in [5.41, 5.74) is -0.211. The number of aliphatic carboxylic acids is 1. The van der Waals surface area contributed by atoms with Crippen LogP contribution in [0, 0.1) is 5.41 Å². The van der Waals surface area contributed by atoms with E-state index in [4.69, 9.17) is 9.84 Å². The van der Waals surface area contributed by atoms with Crippen molar-refractivity contribution in [3.05, 3.63) is 0 Å². The van der Waals surface area contributed by atoms with Crippen molar-refractivity contribution in [3.63, 3.8) is 0 Å². The molecule has 1 aliphatic rings. The van der Waals surface area contributed by atoms with Gasteiger partial charge in [-0.3, -0.25) is 19.3 Å². The monoisotopic (exact) mass is 257 g/mol. The number of rotatable bonds is 6. The van der Waals surface area contributed by atoms with E-state index >= 15 is 0 Å². The minimum absolute atomic E-state index is 0.0543. The van der Waals surface area contributed by atoms with Gasteiger partial charge >= 0.3 is 5.97 Å². The summed E-state index contributed by atoms with van der Waals surface area (Å²) in [5, 5.41) is 8.64. The number of carbonyl (C=O) groups excluding carboxylic acids is 2. The van der Waals surface area contributed by atoms with Crippen LogP contribution < -0.4 is 0 Å². The van der Waals surface area contributed by atoms with Crippen LogP contribution in [0.1, 0.15) is 33.1 Å². The standard InChI is InChI=1S/C12H19NO5/c1-12(2,4-3-11(16)17)5-6-13-9(14)7-18-8-10(13)15/h3-8H2,1-2H3,(H,16,17). The zero-order valence-electron chi connectivity index (χ0n) is 10.8. The highest BCUT2D eigenvalue weighted by Gasteiger charge is 2.28. The summed E-state index contributed by atoms with van der Waals surface area (Å²) in [4.78, 5) is 34.7. The van der Waals surface area contributed by atoms with Gasteiger partial charge in [0, 0.05) is 13.0 Å². The molecule has 0 bridgehead atoms. The van der Waals surface area contributed by atoms with Crippen molar-refractivity contribution >= 4 is 17.8 Å². The zero-order valence-corrected chi connectivity index (χ0v) is 10.8. The molecule has 102 valence electrons. The van der Waals surface area contributed by atoms with Crippen molar-refractivity contribution in [1.29, 1.82) is 0 Å². The Kier molecular flexibility index (Phi) is 4.84. The number of nitrogens with zero attached hydrogens (tertiary/aromatic N) is 1. The molecule has 0 atom stereocenters. The van der Waals surface area contributed by atoms with E-state index in [0.29, 0.717) is 19.4 Å². The number of carboxylic acids is 1. The van der Waals surface area contributed by atoms with Gasteiger partial charge in [0.1, 0.15) is 13.2 Å². The van der Waals surface area contributed by atoms with Crippen LogP contribution in [0.25, 0.3) is 0 Å². The summed E-state index contributed by atoms with van der Waals surface area (Å²) in [6.45, 7) is 4.09. The number of morpholine rings is 1. The number of carboxylic acid groups (broad SMARTS) is 1. The molecule has 0 aromatic heterocycles. The molecule has 18 heavy (non-hydrogen) atoms. The summed E-state index contributed by atoms with van der Waals surface area (Å²) < 4.78 is 4.82. The molecular weight excluding hydrogens is 238 g/mol. The molecule has 0 unspecified atom stereocenters. The Morgan fingerprint density at radius 1 is 1.28 bits per heavy atom. The predicted octanol–water partition coefficient (Wildman–Crippen LogP) is 0.653. The second kappa shape index (κ2) is 5.95. The molecule has 1 rings (SSSR count). The fraction of sp³-hybridized carbons (Fsp3) is 0.750. The third-order valence-electron chi connectivity index (χ3n) is 3.08. The Balaban J connectivity index is 2.45. The van der Waals surface area contributed by atoms with Crippen molar-refractivity contribution < 1.29 is 24.2 Å². The zero-order chi connectivity index (χ0) is 13.8. The van der Waals surface area contributed by atoms with E-state index in [0.717, 1.165) is 0 Å². The third-order valence-corrected chi connectivity index (χ3v) is 3.08. The van der Waals surface area contributed by atoms with Gasteiger partial charge in [0.25, 0.3) is 11.8 Å². The van der Waals surface area contributed by atoms with E-state index in [-0.39, 0.29) is 36.9 Å². The van der Waals surface area contributed by atoms with Gasteiger partial charge in [0.05, 0.1) is 0 Å². The smallest absolute Gasteiger partial charge is 0.303 e. The first-order valence-corrected chi connectivity index (χ1v) is 5.94. The Bertz CT molecular complexity index is 334. The summed E-state index contributed by atoms with van der Waals surface area (Å²) in [5.74, 6) is -1.47.